The molecular weight excluding hydrogens is 336 g/mol. The summed E-state index contributed by atoms with van der Waals surface area (Å²) in [5.74, 6) is 0.605. The van der Waals surface area contributed by atoms with Crippen molar-refractivity contribution in [3.8, 4) is 17.1 Å². The zero-order chi connectivity index (χ0) is 17.6. The molecule has 5 nitrogen and oxygen atoms in total. The molecule has 0 atom stereocenters. The Morgan fingerprint density at radius 2 is 2.00 bits per heavy atom. The van der Waals surface area contributed by atoms with Crippen molar-refractivity contribution in [3.05, 3.63) is 47.6 Å². The molecule has 0 radical (unpaired) electrons. The van der Waals surface area contributed by atoms with Crippen LogP contribution in [0.4, 0.5) is 0 Å². The van der Waals surface area contributed by atoms with E-state index in [2.05, 4.69) is 28.8 Å². The smallest absolute Gasteiger partial charge is 0.231 e. The molecule has 0 amide bonds. The van der Waals surface area contributed by atoms with Crippen molar-refractivity contribution >= 4 is 17.2 Å². The third kappa shape index (κ3) is 4.30. The van der Waals surface area contributed by atoms with Gasteiger partial charge in [0.05, 0.1) is 18.5 Å². The molecule has 0 saturated heterocycles. The topological polar surface area (TPSA) is 42.7 Å². The number of imidazole rings is 1. The van der Waals surface area contributed by atoms with Crippen LogP contribution in [0.15, 0.2) is 42.6 Å². The Bertz CT molecular complexity index is 829. The van der Waals surface area contributed by atoms with Gasteiger partial charge in [0.2, 0.25) is 5.88 Å². The summed E-state index contributed by atoms with van der Waals surface area (Å²) < 4.78 is 7.62. The first kappa shape index (κ1) is 17.7. The van der Waals surface area contributed by atoms with Crippen molar-refractivity contribution in [2.24, 2.45) is 0 Å². The van der Waals surface area contributed by atoms with Gasteiger partial charge in [-0.25, -0.2) is 9.50 Å². The van der Waals surface area contributed by atoms with Crippen molar-refractivity contribution in [3.63, 3.8) is 0 Å². The average molecular weight is 359 g/mol. The summed E-state index contributed by atoms with van der Waals surface area (Å²) in [6, 6.07) is 11.5. The molecule has 0 aliphatic heterocycles. The molecule has 2 heterocycles. The maximum absolute atomic E-state index is 6.10. The van der Waals surface area contributed by atoms with E-state index in [0.717, 1.165) is 43.0 Å². The SMILES string of the molecule is CCN(CC)CCCOc1ccc2ncc(-c3cccc(Cl)c3)n2n1. The fourth-order valence-corrected chi connectivity index (χ4v) is 2.97. The lowest BCUT2D eigenvalue weighted by molar-refractivity contribution is 0.242. The highest BCUT2D eigenvalue weighted by molar-refractivity contribution is 6.30. The molecule has 0 fully saturated rings. The lowest BCUT2D eigenvalue weighted by Gasteiger charge is -2.17. The van der Waals surface area contributed by atoms with E-state index in [1.807, 2.05) is 36.4 Å². The van der Waals surface area contributed by atoms with Gasteiger partial charge < -0.3 is 9.64 Å². The second-order valence-electron chi connectivity index (χ2n) is 5.82. The summed E-state index contributed by atoms with van der Waals surface area (Å²) in [6.45, 7) is 8.17. The Labute approximate surface area is 153 Å². The Morgan fingerprint density at radius 3 is 2.76 bits per heavy atom. The van der Waals surface area contributed by atoms with Crippen LogP contribution in [0.1, 0.15) is 20.3 Å². The summed E-state index contributed by atoms with van der Waals surface area (Å²) >= 11 is 6.10. The second-order valence-corrected chi connectivity index (χ2v) is 6.26. The van der Waals surface area contributed by atoms with Crippen LogP contribution >= 0.6 is 11.6 Å². The zero-order valence-corrected chi connectivity index (χ0v) is 15.4. The molecule has 3 aromatic rings. The third-order valence-electron chi connectivity index (χ3n) is 4.22. The highest BCUT2D eigenvalue weighted by Crippen LogP contribution is 2.24. The molecular formula is C19H23ClN4O. The maximum Gasteiger partial charge on any atom is 0.231 e. The van der Waals surface area contributed by atoms with Crippen LogP contribution in [0.3, 0.4) is 0 Å². The Balaban J connectivity index is 1.72. The first-order chi connectivity index (χ1) is 12.2. The van der Waals surface area contributed by atoms with Gasteiger partial charge in [-0.2, -0.15) is 0 Å². The predicted molar refractivity (Wildman–Crippen MR) is 101 cm³/mol. The number of aromatic nitrogens is 3. The molecule has 3 rings (SSSR count). The number of hydrogen-bond acceptors (Lipinski definition) is 4. The lowest BCUT2D eigenvalue weighted by Crippen LogP contribution is -2.25. The first-order valence-corrected chi connectivity index (χ1v) is 9.05. The standard InChI is InChI=1S/C19H23ClN4O/c1-3-23(4-2)11-6-12-25-19-10-9-18-21-14-17(24(18)22-19)15-7-5-8-16(20)13-15/h5,7-10,13-14H,3-4,6,11-12H2,1-2H3. The number of rotatable bonds is 8. The van der Waals surface area contributed by atoms with Gasteiger partial charge in [0.15, 0.2) is 5.65 Å². The van der Waals surface area contributed by atoms with Gasteiger partial charge in [-0.05, 0) is 37.7 Å². The van der Waals surface area contributed by atoms with E-state index in [9.17, 15) is 0 Å². The van der Waals surface area contributed by atoms with E-state index < -0.39 is 0 Å². The summed E-state index contributed by atoms with van der Waals surface area (Å²) in [7, 11) is 0. The fourth-order valence-electron chi connectivity index (χ4n) is 2.78. The van der Waals surface area contributed by atoms with Crippen molar-refractivity contribution in [2.75, 3.05) is 26.2 Å². The minimum absolute atomic E-state index is 0.605. The summed E-state index contributed by atoms with van der Waals surface area (Å²) in [5.41, 5.74) is 2.66. The molecule has 0 aliphatic rings. The quantitative estimate of drug-likeness (QED) is 0.567. The van der Waals surface area contributed by atoms with Crippen molar-refractivity contribution in [2.45, 2.75) is 20.3 Å². The lowest BCUT2D eigenvalue weighted by atomic mass is 10.2. The van der Waals surface area contributed by atoms with E-state index in [0.29, 0.717) is 17.5 Å². The van der Waals surface area contributed by atoms with Gasteiger partial charge in [-0.1, -0.05) is 37.6 Å². The number of halogens is 1. The minimum Gasteiger partial charge on any atom is -0.477 e. The number of fused-ring (bicyclic) bond motifs is 1. The van der Waals surface area contributed by atoms with Gasteiger partial charge in [0, 0.05) is 23.2 Å². The fraction of sp³-hybridized carbons (Fsp3) is 0.368. The van der Waals surface area contributed by atoms with Gasteiger partial charge in [-0.3, -0.25) is 0 Å². The van der Waals surface area contributed by atoms with E-state index in [1.54, 1.807) is 10.7 Å². The molecule has 0 spiro atoms. The van der Waals surface area contributed by atoms with Crippen LogP contribution in [-0.4, -0.2) is 45.7 Å². The van der Waals surface area contributed by atoms with Crippen LogP contribution < -0.4 is 4.74 Å². The number of benzene rings is 1. The molecule has 0 unspecified atom stereocenters. The van der Waals surface area contributed by atoms with Crippen molar-refractivity contribution in [1.29, 1.82) is 0 Å². The van der Waals surface area contributed by atoms with Gasteiger partial charge in [0.1, 0.15) is 0 Å². The summed E-state index contributed by atoms with van der Waals surface area (Å²) in [4.78, 5) is 6.78. The largest absolute Gasteiger partial charge is 0.477 e. The zero-order valence-electron chi connectivity index (χ0n) is 14.7. The van der Waals surface area contributed by atoms with Crippen LogP contribution in [0.25, 0.3) is 16.9 Å². The molecule has 6 heteroatoms. The number of nitrogens with zero attached hydrogens (tertiary/aromatic N) is 4. The van der Waals surface area contributed by atoms with Gasteiger partial charge in [-0.15, -0.1) is 5.10 Å². The van der Waals surface area contributed by atoms with E-state index in [-0.39, 0.29) is 0 Å². The van der Waals surface area contributed by atoms with Crippen LogP contribution in [0.2, 0.25) is 5.02 Å². The molecule has 0 aliphatic carbocycles. The van der Waals surface area contributed by atoms with E-state index >= 15 is 0 Å². The minimum atomic E-state index is 0.605. The summed E-state index contributed by atoms with van der Waals surface area (Å²) in [6.07, 6.45) is 2.78. The van der Waals surface area contributed by atoms with E-state index in [4.69, 9.17) is 16.3 Å². The van der Waals surface area contributed by atoms with Crippen molar-refractivity contribution in [1.82, 2.24) is 19.5 Å². The van der Waals surface area contributed by atoms with Crippen LogP contribution in [-0.2, 0) is 0 Å². The molecule has 0 bridgehead atoms. The van der Waals surface area contributed by atoms with E-state index in [1.165, 1.54) is 0 Å². The Kier molecular flexibility index (Phi) is 5.89. The first-order valence-electron chi connectivity index (χ1n) is 8.67. The Hall–Kier alpha value is -2.11. The monoisotopic (exact) mass is 358 g/mol. The molecule has 0 saturated carbocycles. The molecule has 132 valence electrons. The van der Waals surface area contributed by atoms with Crippen molar-refractivity contribution < 1.29 is 4.74 Å². The Morgan fingerprint density at radius 1 is 1.16 bits per heavy atom. The van der Waals surface area contributed by atoms with Crippen LogP contribution in [0, 0.1) is 0 Å². The summed E-state index contributed by atoms with van der Waals surface area (Å²) in [5, 5.41) is 5.26. The average Bonchev–Trinajstić information content (AvgIpc) is 3.05. The normalized spacial score (nSPS) is 11.4. The maximum atomic E-state index is 6.10. The highest BCUT2D eigenvalue weighted by atomic mass is 35.5. The predicted octanol–water partition coefficient (Wildman–Crippen LogP) is 4.16. The molecule has 0 N–H and O–H groups in total. The number of ether oxygens (including phenoxy) is 1. The highest BCUT2D eigenvalue weighted by Gasteiger charge is 2.09. The van der Waals surface area contributed by atoms with Gasteiger partial charge in [0.25, 0.3) is 0 Å². The van der Waals surface area contributed by atoms with Crippen LogP contribution in [0.5, 0.6) is 5.88 Å². The number of hydrogen-bond donors (Lipinski definition) is 0. The molecule has 1 aromatic carbocycles. The molecule has 2 aromatic heterocycles. The molecule has 25 heavy (non-hydrogen) atoms. The third-order valence-corrected chi connectivity index (χ3v) is 4.46. The van der Waals surface area contributed by atoms with Gasteiger partial charge >= 0.3 is 0 Å². The second kappa shape index (κ2) is 8.32.